The van der Waals surface area contributed by atoms with E-state index in [0.717, 1.165) is 89.9 Å². The van der Waals surface area contributed by atoms with Crippen LogP contribution >= 0.6 is 7.82 Å². The standard InChI is InChI=1S/C62H112NO8P/c1-6-8-10-12-14-16-18-19-20-21-22-23-24-25-26-27-28-29-30-31-32-33-34-35-36-37-38-39-40-41-42-43-45-47-49-51-53-55-62(65)71-60(59-70-72(66,67)69-57-56-63(3,4)5)58-68-61(64)54-52-50-48-46-44-17-15-13-11-9-7-2/h8,10,13-16,19-20,22-23,25-26,60H,6-7,9,11-12,17-18,21,24,27-59H2,1-5H3/p+1/b10-8-,15-13-,16-14-,20-19-,23-22-,26-25-. The van der Waals surface area contributed by atoms with E-state index in [1.54, 1.807) is 0 Å². The van der Waals surface area contributed by atoms with E-state index in [9.17, 15) is 19.0 Å². The Morgan fingerprint density at radius 3 is 1.19 bits per heavy atom. The van der Waals surface area contributed by atoms with Crippen molar-refractivity contribution >= 4 is 19.8 Å². The van der Waals surface area contributed by atoms with E-state index in [1.807, 2.05) is 21.1 Å². The molecule has 9 nitrogen and oxygen atoms in total. The lowest BCUT2D eigenvalue weighted by Crippen LogP contribution is -2.37. The van der Waals surface area contributed by atoms with Gasteiger partial charge in [0.25, 0.3) is 0 Å². The minimum atomic E-state index is -4.38. The Labute approximate surface area is 444 Å². The number of unbranched alkanes of at least 4 members (excludes halogenated alkanes) is 28. The SMILES string of the molecule is CC/C=C\C/C=C\C/C=C\C/C=C\C/C=C\CCCCCCCCCCCCCCCCCCCCCCCC(=O)OC(COC(=O)CCCCCCC/C=C\CCCC)COP(=O)(O)OCC[N+](C)(C)C. The number of hydrogen-bond donors (Lipinski definition) is 1. The number of ether oxygens (including phenoxy) is 2. The number of hydrogen-bond acceptors (Lipinski definition) is 7. The van der Waals surface area contributed by atoms with Crippen molar-refractivity contribution in [1.29, 1.82) is 0 Å². The van der Waals surface area contributed by atoms with Gasteiger partial charge in [0.1, 0.15) is 19.8 Å². The Kier molecular flexibility index (Phi) is 51.4. The van der Waals surface area contributed by atoms with Crippen molar-refractivity contribution in [2.75, 3.05) is 47.5 Å². The molecule has 0 saturated heterocycles. The molecule has 418 valence electrons. The number of allylic oxidation sites excluding steroid dienone is 12. The Balaban J connectivity index is 3.92. The lowest BCUT2D eigenvalue weighted by atomic mass is 10.0. The van der Waals surface area contributed by atoms with Gasteiger partial charge in [-0.3, -0.25) is 18.6 Å². The first kappa shape index (κ1) is 69.5. The van der Waals surface area contributed by atoms with Crippen LogP contribution in [0, 0.1) is 0 Å². The van der Waals surface area contributed by atoms with Gasteiger partial charge in [0.05, 0.1) is 27.7 Å². The number of rotatable bonds is 54. The van der Waals surface area contributed by atoms with Crippen molar-refractivity contribution in [2.45, 2.75) is 264 Å². The molecule has 0 aliphatic heterocycles. The fourth-order valence-electron chi connectivity index (χ4n) is 8.14. The van der Waals surface area contributed by atoms with Crippen LogP contribution in [-0.2, 0) is 32.7 Å². The van der Waals surface area contributed by atoms with E-state index in [4.69, 9.17) is 18.5 Å². The molecule has 2 unspecified atom stereocenters. The highest BCUT2D eigenvalue weighted by Crippen LogP contribution is 2.43. The Morgan fingerprint density at radius 2 is 0.792 bits per heavy atom. The molecule has 0 saturated carbocycles. The van der Waals surface area contributed by atoms with Crippen molar-refractivity contribution in [3.05, 3.63) is 72.9 Å². The monoisotopic (exact) mass is 1030 g/mol. The molecule has 0 bridgehead atoms. The lowest BCUT2D eigenvalue weighted by Gasteiger charge is -2.24. The van der Waals surface area contributed by atoms with Crippen LogP contribution in [-0.4, -0.2) is 74.9 Å². The van der Waals surface area contributed by atoms with Gasteiger partial charge in [-0.05, 0) is 77.0 Å². The van der Waals surface area contributed by atoms with Crippen LogP contribution < -0.4 is 0 Å². The molecule has 2 atom stereocenters. The molecule has 0 radical (unpaired) electrons. The normalized spacial score (nSPS) is 13.8. The molecule has 0 aliphatic carbocycles. The highest BCUT2D eigenvalue weighted by Gasteiger charge is 2.27. The molecule has 0 rings (SSSR count). The highest BCUT2D eigenvalue weighted by molar-refractivity contribution is 7.47. The van der Waals surface area contributed by atoms with Crippen LogP contribution in [0.2, 0.25) is 0 Å². The molecule has 0 aromatic carbocycles. The predicted molar refractivity (Wildman–Crippen MR) is 307 cm³/mol. The average molecular weight is 1030 g/mol. The smallest absolute Gasteiger partial charge is 0.462 e. The molecule has 0 heterocycles. The summed E-state index contributed by atoms with van der Waals surface area (Å²) >= 11 is 0. The molecular formula is C62H113NO8P+. The number of phosphoric ester groups is 1. The molecule has 0 amide bonds. The van der Waals surface area contributed by atoms with Crippen molar-refractivity contribution in [3.8, 4) is 0 Å². The molecule has 0 aromatic heterocycles. The van der Waals surface area contributed by atoms with E-state index in [1.165, 1.54) is 135 Å². The van der Waals surface area contributed by atoms with Gasteiger partial charge in [-0.25, -0.2) is 4.57 Å². The van der Waals surface area contributed by atoms with Crippen LogP contribution in [0.1, 0.15) is 258 Å². The summed E-state index contributed by atoms with van der Waals surface area (Å²) in [6.07, 6.45) is 70.0. The van der Waals surface area contributed by atoms with Crippen LogP contribution in [0.15, 0.2) is 72.9 Å². The Bertz CT molecular complexity index is 1450. The number of carbonyl (C=O) groups excluding carboxylic acids is 2. The number of esters is 2. The van der Waals surface area contributed by atoms with Gasteiger partial charge in [0.2, 0.25) is 0 Å². The number of nitrogens with zero attached hydrogens (tertiary/aromatic N) is 1. The molecule has 0 spiro atoms. The lowest BCUT2D eigenvalue weighted by molar-refractivity contribution is -0.870. The topological polar surface area (TPSA) is 108 Å². The third kappa shape index (κ3) is 56.7. The van der Waals surface area contributed by atoms with E-state index in [2.05, 4.69) is 86.8 Å². The summed E-state index contributed by atoms with van der Waals surface area (Å²) in [7, 11) is 1.48. The van der Waals surface area contributed by atoms with E-state index < -0.39 is 26.5 Å². The summed E-state index contributed by atoms with van der Waals surface area (Å²) in [5.74, 6) is -0.803. The first-order chi connectivity index (χ1) is 35.0. The first-order valence-corrected chi connectivity index (χ1v) is 31.2. The molecule has 0 fully saturated rings. The molecule has 10 heteroatoms. The predicted octanol–water partition coefficient (Wildman–Crippen LogP) is 18.5. The summed E-state index contributed by atoms with van der Waals surface area (Å²) in [6.45, 7) is 4.28. The molecule has 1 N–H and O–H groups in total. The van der Waals surface area contributed by atoms with E-state index in [-0.39, 0.29) is 32.0 Å². The minimum absolute atomic E-state index is 0.0304. The summed E-state index contributed by atoms with van der Waals surface area (Å²) in [5.41, 5.74) is 0. The number of likely N-dealkylation sites (N-methyl/N-ethyl adjacent to an activating group) is 1. The van der Waals surface area contributed by atoms with Crippen LogP contribution in [0.25, 0.3) is 0 Å². The maximum absolute atomic E-state index is 12.8. The summed E-state index contributed by atoms with van der Waals surface area (Å²) in [6, 6.07) is 0. The van der Waals surface area contributed by atoms with Gasteiger partial charge in [-0.15, -0.1) is 0 Å². The zero-order valence-electron chi connectivity index (χ0n) is 47.4. The minimum Gasteiger partial charge on any atom is -0.462 e. The van der Waals surface area contributed by atoms with Crippen LogP contribution in [0.3, 0.4) is 0 Å². The highest BCUT2D eigenvalue weighted by atomic mass is 31.2. The van der Waals surface area contributed by atoms with Crippen molar-refractivity contribution < 1.29 is 42.1 Å². The van der Waals surface area contributed by atoms with Gasteiger partial charge in [0.15, 0.2) is 6.10 Å². The maximum atomic E-state index is 12.8. The van der Waals surface area contributed by atoms with Crippen LogP contribution in [0.5, 0.6) is 0 Å². The molecule has 72 heavy (non-hydrogen) atoms. The average Bonchev–Trinajstić information content (AvgIpc) is 3.34. The molecular weight excluding hydrogens is 918 g/mol. The quantitative estimate of drug-likeness (QED) is 0.0211. The van der Waals surface area contributed by atoms with Crippen molar-refractivity contribution in [1.82, 2.24) is 0 Å². The fourth-order valence-corrected chi connectivity index (χ4v) is 8.88. The van der Waals surface area contributed by atoms with Gasteiger partial charge in [-0.1, -0.05) is 241 Å². The maximum Gasteiger partial charge on any atom is 0.472 e. The van der Waals surface area contributed by atoms with Crippen molar-refractivity contribution in [2.24, 2.45) is 0 Å². The number of carbonyl (C=O) groups is 2. The number of quaternary nitrogens is 1. The van der Waals surface area contributed by atoms with E-state index >= 15 is 0 Å². The van der Waals surface area contributed by atoms with Crippen molar-refractivity contribution in [3.63, 3.8) is 0 Å². The zero-order chi connectivity index (χ0) is 52.7. The largest absolute Gasteiger partial charge is 0.472 e. The van der Waals surface area contributed by atoms with Gasteiger partial charge in [0, 0.05) is 12.8 Å². The third-order valence-corrected chi connectivity index (χ3v) is 13.7. The molecule has 0 aliphatic rings. The second-order valence-corrected chi connectivity index (χ2v) is 22.5. The number of phosphoric acid groups is 1. The van der Waals surface area contributed by atoms with Gasteiger partial charge >= 0.3 is 19.8 Å². The van der Waals surface area contributed by atoms with Crippen LogP contribution in [0.4, 0.5) is 0 Å². The first-order valence-electron chi connectivity index (χ1n) is 29.7. The Hall–Kier alpha value is -2.55. The zero-order valence-corrected chi connectivity index (χ0v) is 48.3. The second-order valence-electron chi connectivity index (χ2n) is 21.0. The summed E-state index contributed by atoms with van der Waals surface area (Å²) < 4.78 is 34.5. The summed E-state index contributed by atoms with van der Waals surface area (Å²) in [5, 5.41) is 0. The third-order valence-electron chi connectivity index (χ3n) is 12.7. The van der Waals surface area contributed by atoms with E-state index in [0.29, 0.717) is 17.4 Å². The summed E-state index contributed by atoms with van der Waals surface area (Å²) in [4.78, 5) is 35.5. The van der Waals surface area contributed by atoms with Gasteiger partial charge in [-0.2, -0.15) is 0 Å². The van der Waals surface area contributed by atoms with Gasteiger partial charge < -0.3 is 18.9 Å². The molecule has 0 aromatic rings. The second kappa shape index (κ2) is 53.3. The Morgan fingerprint density at radius 1 is 0.444 bits per heavy atom. The fraction of sp³-hybridized carbons (Fsp3) is 0.774.